The lowest BCUT2D eigenvalue weighted by Gasteiger charge is -2.20. The predicted molar refractivity (Wildman–Crippen MR) is 92.1 cm³/mol. The van der Waals surface area contributed by atoms with Crippen LogP contribution in [-0.4, -0.2) is 19.2 Å². The van der Waals surface area contributed by atoms with Crippen molar-refractivity contribution in [3.63, 3.8) is 0 Å². The first-order valence-electron chi connectivity index (χ1n) is 8.62. The lowest BCUT2D eigenvalue weighted by molar-refractivity contribution is 0.185. The van der Waals surface area contributed by atoms with Gasteiger partial charge in [0.25, 0.3) is 0 Å². The number of unbranched alkanes of at least 4 members (excludes halogenated alkanes) is 1. The van der Waals surface area contributed by atoms with Crippen molar-refractivity contribution in [1.82, 2.24) is 5.32 Å². The number of rotatable bonds is 11. The highest BCUT2D eigenvalue weighted by Crippen LogP contribution is 2.16. The third-order valence-electron chi connectivity index (χ3n) is 3.58. The molecule has 2 heteroatoms. The Hall–Kier alpha value is -1.02. The van der Waals surface area contributed by atoms with Crippen molar-refractivity contribution in [3.8, 4) is 5.75 Å². The van der Waals surface area contributed by atoms with E-state index in [9.17, 15) is 0 Å². The molecule has 1 aromatic carbocycles. The van der Waals surface area contributed by atoms with Gasteiger partial charge >= 0.3 is 0 Å². The second kappa shape index (κ2) is 10.7. The molecule has 1 N–H and O–H groups in total. The molecule has 0 aromatic heterocycles. The van der Waals surface area contributed by atoms with E-state index in [1.54, 1.807) is 0 Å². The van der Waals surface area contributed by atoms with Crippen molar-refractivity contribution in [1.29, 1.82) is 0 Å². The van der Waals surface area contributed by atoms with Gasteiger partial charge in [0.2, 0.25) is 0 Å². The number of nitrogens with one attached hydrogen (secondary N) is 1. The monoisotopic (exact) mass is 291 g/mol. The molecule has 1 unspecified atom stereocenters. The molecular weight excluding hydrogens is 258 g/mol. The minimum absolute atomic E-state index is 0.273. The fourth-order valence-electron chi connectivity index (χ4n) is 2.37. The van der Waals surface area contributed by atoms with E-state index >= 15 is 0 Å². The second-order valence-electron chi connectivity index (χ2n) is 6.33. The van der Waals surface area contributed by atoms with Gasteiger partial charge in [-0.1, -0.05) is 52.7 Å². The lowest BCUT2D eigenvalue weighted by Crippen LogP contribution is -2.33. The van der Waals surface area contributed by atoms with E-state index in [4.69, 9.17) is 4.74 Å². The zero-order valence-electron chi connectivity index (χ0n) is 14.3. The summed E-state index contributed by atoms with van der Waals surface area (Å²) in [5, 5.41) is 3.50. The van der Waals surface area contributed by atoms with Gasteiger partial charge in [-0.2, -0.15) is 0 Å². The minimum Gasteiger partial charge on any atom is -0.489 e. The Balaban J connectivity index is 2.45. The summed E-state index contributed by atoms with van der Waals surface area (Å²) in [4.78, 5) is 0. The third kappa shape index (κ3) is 8.11. The fraction of sp³-hybridized carbons (Fsp3) is 0.684. The van der Waals surface area contributed by atoms with Crippen molar-refractivity contribution >= 4 is 0 Å². The lowest BCUT2D eigenvalue weighted by atomic mass is 10.1. The molecule has 0 aliphatic heterocycles. The van der Waals surface area contributed by atoms with E-state index < -0.39 is 0 Å². The van der Waals surface area contributed by atoms with Gasteiger partial charge in [0.05, 0.1) is 0 Å². The molecular formula is C19H33NO. The molecule has 0 amide bonds. The molecule has 0 saturated carbocycles. The van der Waals surface area contributed by atoms with Crippen LogP contribution >= 0.6 is 0 Å². The fourth-order valence-corrected chi connectivity index (χ4v) is 2.37. The minimum atomic E-state index is 0.273. The van der Waals surface area contributed by atoms with Crippen LogP contribution in [0.15, 0.2) is 24.3 Å². The quantitative estimate of drug-likeness (QED) is 0.631. The molecule has 2 nitrogen and oxygen atoms in total. The van der Waals surface area contributed by atoms with Crippen LogP contribution in [0, 0.1) is 5.92 Å². The molecule has 0 radical (unpaired) electrons. The molecule has 0 spiro atoms. The normalized spacial score (nSPS) is 12.6. The first-order chi connectivity index (χ1) is 10.2. The summed E-state index contributed by atoms with van der Waals surface area (Å²) in [5.74, 6) is 1.69. The van der Waals surface area contributed by atoms with E-state index in [-0.39, 0.29) is 6.10 Å². The molecule has 120 valence electrons. The van der Waals surface area contributed by atoms with Gasteiger partial charge in [0.1, 0.15) is 11.9 Å². The van der Waals surface area contributed by atoms with Crippen LogP contribution in [0.1, 0.15) is 58.9 Å². The predicted octanol–water partition coefficient (Wildman–Crippen LogP) is 4.82. The van der Waals surface area contributed by atoms with Crippen LogP contribution in [0.3, 0.4) is 0 Å². The van der Waals surface area contributed by atoms with Crippen molar-refractivity contribution in [2.75, 3.05) is 13.1 Å². The summed E-state index contributed by atoms with van der Waals surface area (Å²) in [6, 6.07) is 8.65. The first kappa shape index (κ1) is 18.0. The van der Waals surface area contributed by atoms with Crippen LogP contribution < -0.4 is 10.1 Å². The van der Waals surface area contributed by atoms with Crippen LogP contribution in [0.5, 0.6) is 5.75 Å². The Morgan fingerprint density at radius 2 is 1.71 bits per heavy atom. The van der Waals surface area contributed by atoms with E-state index in [2.05, 4.69) is 57.3 Å². The smallest absolute Gasteiger partial charge is 0.119 e. The summed E-state index contributed by atoms with van der Waals surface area (Å²) in [7, 11) is 0. The van der Waals surface area contributed by atoms with Crippen LogP contribution in [0.4, 0.5) is 0 Å². The van der Waals surface area contributed by atoms with Gasteiger partial charge in [-0.25, -0.2) is 0 Å². The summed E-state index contributed by atoms with van der Waals surface area (Å²) in [6.45, 7) is 10.9. The van der Waals surface area contributed by atoms with Gasteiger partial charge in [0.15, 0.2) is 0 Å². The maximum absolute atomic E-state index is 6.13. The SMILES string of the molecule is CCCCc1ccc(OC(CCC)CNCC(C)C)cc1. The number of hydrogen-bond donors (Lipinski definition) is 1. The van der Waals surface area contributed by atoms with Crippen LogP contribution in [0.25, 0.3) is 0 Å². The molecule has 0 fully saturated rings. The molecule has 1 aromatic rings. The van der Waals surface area contributed by atoms with E-state index in [1.165, 1.54) is 24.8 Å². The molecule has 21 heavy (non-hydrogen) atoms. The average molecular weight is 291 g/mol. The van der Waals surface area contributed by atoms with E-state index in [1.807, 2.05) is 0 Å². The third-order valence-corrected chi connectivity index (χ3v) is 3.58. The topological polar surface area (TPSA) is 21.3 Å². The number of benzene rings is 1. The maximum Gasteiger partial charge on any atom is 0.119 e. The van der Waals surface area contributed by atoms with E-state index in [0.717, 1.165) is 31.7 Å². The largest absolute Gasteiger partial charge is 0.489 e. The zero-order chi connectivity index (χ0) is 15.5. The Labute approximate surface area is 131 Å². The van der Waals surface area contributed by atoms with Gasteiger partial charge in [0, 0.05) is 6.54 Å². The second-order valence-corrected chi connectivity index (χ2v) is 6.33. The van der Waals surface area contributed by atoms with Gasteiger partial charge in [-0.3, -0.25) is 0 Å². The van der Waals surface area contributed by atoms with Crippen molar-refractivity contribution in [3.05, 3.63) is 29.8 Å². The molecule has 0 bridgehead atoms. The summed E-state index contributed by atoms with van der Waals surface area (Å²) >= 11 is 0. The van der Waals surface area contributed by atoms with Crippen molar-refractivity contribution < 1.29 is 4.74 Å². The number of aryl methyl sites for hydroxylation is 1. The van der Waals surface area contributed by atoms with Crippen molar-refractivity contribution in [2.45, 2.75) is 65.9 Å². The van der Waals surface area contributed by atoms with Gasteiger partial charge in [-0.05, 0) is 49.4 Å². The average Bonchev–Trinajstić information content (AvgIpc) is 2.46. The standard InChI is InChI=1S/C19H33NO/c1-5-7-9-17-10-12-18(13-11-17)21-19(8-6-2)15-20-14-16(3)4/h10-13,16,19-20H,5-9,14-15H2,1-4H3. The zero-order valence-corrected chi connectivity index (χ0v) is 14.3. The highest BCUT2D eigenvalue weighted by atomic mass is 16.5. The Kier molecular flexibility index (Phi) is 9.16. The van der Waals surface area contributed by atoms with Gasteiger partial charge in [-0.15, -0.1) is 0 Å². The van der Waals surface area contributed by atoms with Crippen molar-refractivity contribution in [2.24, 2.45) is 5.92 Å². The van der Waals surface area contributed by atoms with Crippen LogP contribution in [0.2, 0.25) is 0 Å². The first-order valence-corrected chi connectivity index (χ1v) is 8.62. The molecule has 0 aliphatic rings. The Morgan fingerprint density at radius 1 is 1.00 bits per heavy atom. The molecule has 0 saturated heterocycles. The molecule has 0 heterocycles. The van der Waals surface area contributed by atoms with Crippen LogP contribution in [-0.2, 0) is 6.42 Å². The maximum atomic E-state index is 6.13. The highest BCUT2D eigenvalue weighted by molar-refractivity contribution is 5.27. The Bertz CT molecular complexity index is 358. The summed E-state index contributed by atoms with van der Waals surface area (Å²) < 4.78 is 6.13. The summed E-state index contributed by atoms with van der Waals surface area (Å²) in [5.41, 5.74) is 1.41. The number of hydrogen-bond acceptors (Lipinski definition) is 2. The van der Waals surface area contributed by atoms with Gasteiger partial charge < -0.3 is 10.1 Å². The van der Waals surface area contributed by atoms with E-state index in [0.29, 0.717) is 5.92 Å². The highest BCUT2D eigenvalue weighted by Gasteiger charge is 2.09. The number of ether oxygens (including phenoxy) is 1. The molecule has 1 rings (SSSR count). The Morgan fingerprint density at radius 3 is 2.29 bits per heavy atom. The molecule has 1 atom stereocenters. The molecule has 0 aliphatic carbocycles. The summed E-state index contributed by atoms with van der Waals surface area (Å²) in [6.07, 6.45) is 6.21.